The molecule has 0 fully saturated rings. The van der Waals surface area contributed by atoms with Crippen molar-refractivity contribution >= 4 is 48.4 Å². The summed E-state index contributed by atoms with van der Waals surface area (Å²) in [4.78, 5) is 4.58. The highest BCUT2D eigenvalue weighted by molar-refractivity contribution is 9.10. The van der Waals surface area contributed by atoms with Gasteiger partial charge in [0.2, 0.25) is 0 Å². The van der Waals surface area contributed by atoms with Gasteiger partial charge in [0.25, 0.3) is 0 Å². The van der Waals surface area contributed by atoms with E-state index in [4.69, 9.17) is 0 Å². The molecule has 3 aromatic carbocycles. The number of hydrogen-bond acceptors (Lipinski definition) is 1. The lowest BCUT2D eigenvalue weighted by Gasteiger charge is -2.09. The first-order valence-electron chi connectivity index (χ1n) is 6.19. The summed E-state index contributed by atoms with van der Waals surface area (Å²) in [5.74, 6) is 0. The van der Waals surface area contributed by atoms with Gasteiger partial charge in [0.1, 0.15) is 0 Å². The van der Waals surface area contributed by atoms with Gasteiger partial charge in [-0.1, -0.05) is 52.3 Å². The Hall–Kier alpha value is -1.93. The van der Waals surface area contributed by atoms with Gasteiger partial charge in [-0.25, -0.2) is 0 Å². The summed E-state index contributed by atoms with van der Waals surface area (Å²) >= 11 is 3.55. The van der Waals surface area contributed by atoms with Gasteiger partial charge < -0.3 is 0 Å². The van der Waals surface area contributed by atoms with Crippen LogP contribution in [0, 0.1) is 0 Å². The number of halogens is 1. The highest BCUT2D eigenvalue weighted by Crippen LogP contribution is 2.34. The van der Waals surface area contributed by atoms with Gasteiger partial charge in [-0.15, -0.1) is 0 Å². The van der Waals surface area contributed by atoms with Crippen molar-refractivity contribution in [2.75, 3.05) is 0 Å². The van der Waals surface area contributed by atoms with Gasteiger partial charge in [0.05, 0.1) is 5.52 Å². The first-order chi connectivity index (χ1) is 9.34. The van der Waals surface area contributed by atoms with Crippen LogP contribution in [0.3, 0.4) is 0 Å². The molecular formula is C17H10BrN. The second-order valence-electron chi connectivity index (χ2n) is 4.64. The lowest BCUT2D eigenvalue weighted by molar-refractivity contribution is 1.43. The summed E-state index contributed by atoms with van der Waals surface area (Å²) in [6.45, 7) is 0. The van der Waals surface area contributed by atoms with Crippen LogP contribution in [-0.2, 0) is 0 Å². The molecule has 0 atom stereocenters. The minimum absolute atomic E-state index is 1.07. The Kier molecular flexibility index (Phi) is 2.32. The zero-order valence-electron chi connectivity index (χ0n) is 10.1. The summed E-state index contributed by atoms with van der Waals surface area (Å²) in [7, 11) is 0. The van der Waals surface area contributed by atoms with E-state index >= 15 is 0 Å². The standard InChI is InChI=1S/C17H10BrN/c18-11-7-8-14-12-4-1-2-5-13(12)15-6-3-9-19-17(15)16(14)10-11/h1-10H. The van der Waals surface area contributed by atoms with Crippen LogP contribution in [0.1, 0.15) is 0 Å². The maximum absolute atomic E-state index is 4.58. The quantitative estimate of drug-likeness (QED) is 0.401. The van der Waals surface area contributed by atoms with E-state index in [2.05, 4.69) is 69.4 Å². The lowest BCUT2D eigenvalue weighted by Crippen LogP contribution is -1.85. The van der Waals surface area contributed by atoms with Crippen LogP contribution in [-0.4, -0.2) is 4.98 Å². The number of aromatic nitrogens is 1. The highest BCUT2D eigenvalue weighted by Gasteiger charge is 2.08. The maximum atomic E-state index is 4.58. The minimum atomic E-state index is 1.07. The SMILES string of the molecule is Brc1ccc2c3ccccc3c3cccnc3c2c1. The van der Waals surface area contributed by atoms with E-state index in [9.17, 15) is 0 Å². The van der Waals surface area contributed by atoms with E-state index in [0.29, 0.717) is 0 Å². The Balaban J connectivity index is 2.43. The molecule has 0 spiro atoms. The molecule has 0 bridgehead atoms. The third kappa shape index (κ3) is 1.57. The molecule has 0 aliphatic heterocycles. The van der Waals surface area contributed by atoms with Crippen molar-refractivity contribution in [3.63, 3.8) is 0 Å². The summed E-state index contributed by atoms with van der Waals surface area (Å²) < 4.78 is 1.09. The van der Waals surface area contributed by atoms with E-state index in [1.807, 2.05) is 12.3 Å². The van der Waals surface area contributed by atoms with E-state index in [1.165, 1.54) is 26.9 Å². The number of nitrogens with zero attached hydrogens (tertiary/aromatic N) is 1. The van der Waals surface area contributed by atoms with Crippen LogP contribution in [0.2, 0.25) is 0 Å². The van der Waals surface area contributed by atoms with Crippen LogP contribution in [0.5, 0.6) is 0 Å². The van der Waals surface area contributed by atoms with Gasteiger partial charge in [0, 0.05) is 21.4 Å². The third-order valence-corrected chi connectivity index (χ3v) is 4.05. The Morgan fingerprint density at radius 3 is 2.21 bits per heavy atom. The zero-order chi connectivity index (χ0) is 12.8. The molecule has 0 saturated carbocycles. The average molecular weight is 308 g/mol. The van der Waals surface area contributed by atoms with Crippen LogP contribution in [0.15, 0.2) is 65.3 Å². The summed E-state index contributed by atoms with van der Waals surface area (Å²) in [5.41, 5.74) is 1.07. The molecule has 0 unspecified atom stereocenters. The van der Waals surface area contributed by atoms with Crippen molar-refractivity contribution in [3.8, 4) is 0 Å². The fourth-order valence-corrected chi connectivity index (χ4v) is 3.10. The largest absolute Gasteiger partial charge is 0.256 e. The van der Waals surface area contributed by atoms with Crippen molar-refractivity contribution in [1.29, 1.82) is 0 Å². The number of fused-ring (bicyclic) bond motifs is 6. The van der Waals surface area contributed by atoms with Gasteiger partial charge in [-0.3, -0.25) is 4.98 Å². The molecule has 0 saturated heterocycles. The van der Waals surface area contributed by atoms with Crippen LogP contribution >= 0.6 is 15.9 Å². The number of benzene rings is 3. The molecule has 0 aliphatic rings. The van der Waals surface area contributed by atoms with Gasteiger partial charge in [-0.2, -0.15) is 0 Å². The first-order valence-corrected chi connectivity index (χ1v) is 6.98. The monoisotopic (exact) mass is 307 g/mol. The summed E-state index contributed by atoms with van der Waals surface area (Å²) in [6, 6.07) is 19.1. The zero-order valence-corrected chi connectivity index (χ0v) is 11.7. The molecule has 1 heterocycles. The molecule has 1 nitrogen and oxygen atoms in total. The molecule has 90 valence electrons. The van der Waals surface area contributed by atoms with Crippen molar-refractivity contribution in [2.45, 2.75) is 0 Å². The molecule has 0 N–H and O–H groups in total. The predicted octanol–water partition coefficient (Wildman–Crippen LogP) is 5.30. The van der Waals surface area contributed by atoms with E-state index in [0.717, 1.165) is 9.99 Å². The molecule has 1 aromatic heterocycles. The predicted molar refractivity (Wildman–Crippen MR) is 84.5 cm³/mol. The number of hydrogen-bond donors (Lipinski definition) is 0. The Morgan fingerprint density at radius 1 is 0.684 bits per heavy atom. The number of pyridine rings is 1. The van der Waals surface area contributed by atoms with Crippen molar-refractivity contribution in [1.82, 2.24) is 4.98 Å². The van der Waals surface area contributed by atoms with Crippen molar-refractivity contribution in [2.24, 2.45) is 0 Å². The molecule has 0 radical (unpaired) electrons. The minimum Gasteiger partial charge on any atom is -0.256 e. The van der Waals surface area contributed by atoms with Crippen molar-refractivity contribution in [3.05, 3.63) is 65.3 Å². The number of rotatable bonds is 0. The molecule has 2 heteroatoms. The molecular weight excluding hydrogens is 298 g/mol. The van der Waals surface area contributed by atoms with Crippen LogP contribution < -0.4 is 0 Å². The summed E-state index contributed by atoms with van der Waals surface area (Å²) in [6.07, 6.45) is 1.86. The summed E-state index contributed by atoms with van der Waals surface area (Å²) in [5, 5.41) is 6.21. The third-order valence-electron chi connectivity index (χ3n) is 3.55. The lowest BCUT2D eigenvalue weighted by atomic mass is 9.97. The first kappa shape index (κ1) is 10.9. The molecule has 19 heavy (non-hydrogen) atoms. The van der Waals surface area contributed by atoms with Crippen molar-refractivity contribution < 1.29 is 0 Å². The van der Waals surface area contributed by atoms with E-state index < -0.39 is 0 Å². The van der Waals surface area contributed by atoms with Crippen LogP contribution in [0.25, 0.3) is 32.4 Å². The molecule has 0 amide bonds. The fourth-order valence-electron chi connectivity index (χ4n) is 2.74. The van der Waals surface area contributed by atoms with Gasteiger partial charge in [0.15, 0.2) is 0 Å². The second kappa shape index (κ2) is 4.04. The second-order valence-corrected chi connectivity index (χ2v) is 5.55. The molecule has 0 aliphatic carbocycles. The normalized spacial score (nSPS) is 11.4. The van der Waals surface area contributed by atoms with E-state index in [-0.39, 0.29) is 0 Å². The van der Waals surface area contributed by atoms with E-state index in [1.54, 1.807) is 0 Å². The Labute approximate surface area is 119 Å². The maximum Gasteiger partial charge on any atom is 0.0787 e. The smallest absolute Gasteiger partial charge is 0.0787 e. The topological polar surface area (TPSA) is 12.9 Å². The Morgan fingerprint density at radius 2 is 1.37 bits per heavy atom. The van der Waals surface area contributed by atoms with Gasteiger partial charge >= 0.3 is 0 Å². The van der Waals surface area contributed by atoms with Crippen LogP contribution in [0.4, 0.5) is 0 Å². The fraction of sp³-hybridized carbons (Fsp3) is 0. The molecule has 4 aromatic rings. The molecule has 4 rings (SSSR count). The highest BCUT2D eigenvalue weighted by atomic mass is 79.9. The Bertz CT molecular complexity index is 893. The average Bonchev–Trinajstić information content (AvgIpc) is 2.47. The van der Waals surface area contributed by atoms with Gasteiger partial charge in [-0.05, 0) is 34.4 Å².